The van der Waals surface area contributed by atoms with E-state index >= 15 is 0 Å². The topological polar surface area (TPSA) is 55.4 Å². The van der Waals surface area contributed by atoms with Gasteiger partial charge < -0.3 is 10.1 Å². The lowest BCUT2D eigenvalue weighted by Crippen LogP contribution is -2.14. The monoisotopic (exact) mass is 409 g/mol. The first kappa shape index (κ1) is 16.5. The second-order valence-electron chi connectivity index (χ2n) is 4.97. The van der Waals surface area contributed by atoms with Gasteiger partial charge in [0, 0.05) is 9.26 Å². The molecule has 1 amide bonds. The number of esters is 1. The Morgan fingerprint density at radius 1 is 1.05 bits per heavy atom. The van der Waals surface area contributed by atoms with Gasteiger partial charge in [-0.1, -0.05) is 12.1 Å². The van der Waals surface area contributed by atoms with E-state index in [1.165, 1.54) is 0 Å². The maximum absolute atomic E-state index is 12.2. The summed E-state index contributed by atoms with van der Waals surface area (Å²) in [7, 11) is 0. The molecular weight excluding hydrogens is 393 g/mol. The molecule has 0 saturated carbocycles. The Kier molecular flexibility index (Phi) is 5.54. The second-order valence-corrected chi connectivity index (χ2v) is 6.13. The first-order chi connectivity index (χ1) is 10.5. The molecule has 0 unspecified atom stereocenters. The highest BCUT2D eigenvalue weighted by atomic mass is 127. The molecule has 2 rings (SSSR count). The SMILES string of the molecule is CC(C)OC(=O)c1ccc(NC(=O)c2ccccc2I)cc1. The third kappa shape index (κ3) is 4.30. The number of nitrogens with one attached hydrogen (secondary N) is 1. The van der Waals surface area contributed by atoms with Gasteiger partial charge in [0.1, 0.15) is 0 Å². The van der Waals surface area contributed by atoms with E-state index in [9.17, 15) is 9.59 Å². The van der Waals surface area contributed by atoms with Crippen molar-refractivity contribution in [2.45, 2.75) is 20.0 Å². The van der Waals surface area contributed by atoms with Crippen LogP contribution in [0.2, 0.25) is 0 Å². The van der Waals surface area contributed by atoms with Crippen LogP contribution in [-0.4, -0.2) is 18.0 Å². The molecular formula is C17H16INO3. The fourth-order valence-electron chi connectivity index (χ4n) is 1.82. The van der Waals surface area contributed by atoms with E-state index in [1.807, 2.05) is 18.2 Å². The van der Waals surface area contributed by atoms with Crippen molar-refractivity contribution in [1.29, 1.82) is 0 Å². The minimum atomic E-state index is -0.370. The highest BCUT2D eigenvalue weighted by molar-refractivity contribution is 14.1. The molecule has 0 aliphatic heterocycles. The molecule has 0 fully saturated rings. The number of carbonyl (C=O) groups is 2. The standard InChI is InChI=1S/C17H16INO3/c1-11(2)22-17(21)12-7-9-13(10-8-12)19-16(20)14-5-3-4-6-15(14)18/h3-11H,1-2H3,(H,19,20). The van der Waals surface area contributed by atoms with Crippen LogP contribution in [0, 0.1) is 3.57 Å². The summed E-state index contributed by atoms with van der Waals surface area (Å²) in [6.45, 7) is 3.60. The molecule has 0 atom stereocenters. The number of rotatable bonds is 4. The van der Waals surface area contributed by atoms with Crippen LogP contribution in [0.3, 0.4) is 0 Å². The Balaban J connectivity index is 2.07. The van der Waals surface area contributed by atoms with Gasteiger partial charge in [0.2, 0.25) is 0 Å². The van der Waals surface area contributed by atoms with E-state index in [-0.39, 0.29) is 18.0 Å². The number of halogens is 1. The minimum Gasteiger partial charge on any atom is -0.459 e. The molecule has 1 N–H and O–H groups in total. The van der Waals surface area contributed by atoms with E-state index in [2.05, 4.69) is 27.9 Å². The molecule has 5 heteroatoms. The molecule has 0 spiro atoms. The van der Waals surface area contributed by atoms with Crippen molar-refractivity contribution in [3.63, 3.8) is 0 Å². The predicted molar refractivity (Wildman–Crippen MR) is 94.1 cm³/mol. The van der Waals surface area contributed by atoms with E-state index in [1.54, 1.807) is 44.2 Å². The summed E-state index contributed by atoms with van der Waals surface area (Å²) in [6, 6.07) is 14.0. The van der Waals surface area contributed by atoms with E-state index in [0.717, 1.165) is 3.57 Å². The summed E-state index contributed by atoms with van der Waals surface area (Å²) < 4.78 is 6.00. The predicted octanol–water partition coefficient (Wildman–Crippen LogP) is 4.11. The van der Waals surface area contributed by atoms with Crippen LogP contribution in [0.25, 0.3) is 0 Å². The molecule has 114 valence electrons. The zero-order valence-corrected chi connectivity index (χ0v) is 14.5. The van der Waals surface area contributed by atoms with Crippen molar-refractivity contribution in [2.24, 2.45) is 0 Å². The highest BCUT2D eigenvalue weighted by Gasteiger charge is 2.11. The van der Waals surface area contributed by atoms with Crippen molar-refractivity contribution in [1.82, 2.24) is 0 Å². The van der Waals surface area contributed by atoms with E-state index in [0.29, 0.717) is 16.8 Å². The summed E-state index contributed by atoms with van der Waals surface area (Å²) in [6.07, 6.45) is -0.160. The Hall–Kier alpha value is -1.89. The number of benzene rings is 2. The molecule has 2 aromatic rings. The number of hydrogen-bond acceptors (Lipinski definition) is 3. The number of hydrogen-bond donors (Lipinski definition) is 1. The smallest absolute Gasteiger partial charge is 0.338 e. The maximum atomic E-state index is 12.2. The molecule has 4 nitrogen and oxygen atoms in total. The van der Waals surface area contributed by atoms with Crippen molar-refractivity contribution in [3.8, 4) is 0 Å². The molecule has 0 aliphatic rings. The highest BCUT2D eigenvalue weighted by Crippen LogP contribution is 2.16. The van der Waals surface area contributed by atoms with E-state index < -0.39 is 0 Å². The fraction of sp³-hybridized carbons (Fsp3) is 0.176. The van der Waals surface area contributed by atoms with Crippen LogP contribution in [0.15, 0.2) is 48.5 Å². The number of anilines is 1. The van der Waals surface area contributed by atoms with Gasteiger partial charge in [-0.2, -0.15) is 0 Å². The number of carbonyl (C=O) groups excluding carboxylic acids is 2. The number of amides is 1. The van der Waals surface area contributed by atoms with E-state index in [4.69, 9.17) is 4.74 Å². The quantitative estimate of drug-likeness (QED) is 0.611. The van der Waals surface area contributed by atoms with Crippen LogP contribution in [-0.2, 0) is 4.74 Å². The Bertz CT molecular complexity index is 681. The summed E-state index contributed by atoms with van der Waals surface area (Å²) in [5, 5.41) is 2.81. The third-order valence-electron chi connectivity index (χ3n) is 2.84. The lowest BCUT2D eigenvalue weighted by Gasteiger charge is -2.09. The molecule has 0 aromatic heterocycles. The van der Waals surface area contributed by atoms with Crippen molar-refractivity contribution in [2.75, 3.05) is 5.32 Å². The van der Waals surface area contributed by atoms with Gasteiger partial charge >= 0.3 is 5.97 Å². The van der Waals surface area contributed by atoms with Crippen LogP contribution in [0.5, 0.6) is 0 Å². The maximum Gasteiger partial charge on any atom is 0.338 e. The number of ether oxygens (including phenoxy) is 1. The molecule has 0 heterocycles. The zero-order chi connectivity index (χ0) is 16.1. The van der Waals surface area contributed by atoms with Gasteiger partial charge in [-0.3, -0.25) is 4.79 Å². The molecule has 0 radical (unpaired) electrons. The van der Waals surface area contributed by atoms with Crippen LogP contribution >= 0.6 is 22.6 Å². The Morgan fingerprint density at radius 2 is 1.68 bits per heavy atom. The summed E-state index contributed by atoms with van der Waals surface area (Å²) in [5.41, 5.74) is 1.71. The third-order valence-corrected chi connectivity index (χ3v) is 3.78. The van der Waals surface area contributed by atoms with Gasteiger partial charge in [-0.15, -0.1) is 0 Å². The van der Waals surface area contributed by atoms with Gasteiger partial charge in [0.25, 0.3) is 5.91 Å². The average molecular weight is 409 g/mol. The molecule has 0 saturated heterocycles. The Morgan fingerprint density at radius 3 is 2.27 bits per heavy atom. The summed E-state index contributed by atoms with van der Waals surface area (Å²) in [5.74, 6) is -0.548. The van der Waals surface area contributed by atoms with Crippen LogP contribution in [0.4, 0.5) is 5.69 Å². The second kappa shape index (κ2) is 7.40. The summed E-state index contributed by atoms with van der Waals surface area (Å²) in [4.78, 5) is 23.9. The van der Waals surface area contributed by atoms with Crippen LogP contribution < -0.4 is 5.32 Å². The van der Waals surface area contributed by atoms with Gasteiger partial charge in [-0.05, 0) is 72.8 Å². The van der Waals surface area contributed by atoms with Gasteiger partial charge in [0.05, 0.1) is 17.2 Å². The Labute approximate surface area is 143 Å². The molecule has 2 aromatic carbocycles. The first-order valence-electron chi connectivity index (χ1n) is 6.84. The normalized spacial score (nSPS) is 10.4. The van der Waals surface area contributed by atoms with Crippen molar-refractivity contribution in [3.05, 3.63) is 63.2 Å². The van der Waals surface area contributed by atoms with Crippen LogP contribution in [0.1, 0.15) is 34.6 Å². The summed E-state index contributed by atoms with van der Waals surface area (Å²) >= 11 is 2.12. The zero-order valence-electron chi connectivity index (χ0n) is 12.3. The van der Waals surface area contributed by atoms with Crippen molar-refractivity contribution >= 4 is 40.2 Å². The first-order valence-corrected chi connectivity index (χ1v) is 7.92. The largest absolute Gasteiger partial charge is 0.459 e. The van der Waals surface area contributed by atoms with Gasteiger partial charge in [-0.25, -0.2) is 4.79 Å². The van der Waals surface area contributed by atoms with Gasteiger partial charge in [0.15, 0.2) is 0 Å². The average Bonchev–Trinajstić information content (AvgIpc) is 2.47. The van der Waals surface area contributed by atoms with Crippen molar-refractivity contribution < 1.29 is 14.3 Å². The molecule has 0 aliphatic carbocycles. The molecule has 22 heavy (non-hydrogen) atoms. The lowest BCUT2D eigenvalue weighted by atomic mass is 10.2. The minimum absolute atomic E-state index is 0.160. The molecule has 0 bridgehead atoms. The lowest BCUT2D eigenvalue weighted by molar-refractivity contribution is 0.0378. The fourth-order valence-corrected chi connectivity index (χ4v) is 2.45.